The second-order valence-corrected chi connectivity index (χ2v) is 2.92. The van der Waals surface area contributed by atoms with Gasteiger partial charge in [-0.25, -0.2) is 4.79 Å². The molecule has 0 spiro atoms. The number of carboxylic acids is 1. The fourth-order valence-electron chi connectivity index (χ4n) is 1.09. The Bertz CT molecular complexity index is 372. The minimum atomic E-state index is -1.17. The zero-order valence-corrected chi connectivity index (χ0v) is 7.46. The molecule has 4 nitrogen and oxygen atoms in total. The van der Waals surface area contributed by atoms with Crippen molar-refractivity contribution < 1.29 is 15.0 Å². The zero-order valence-electron chi connectivity index (χ0n) is 7.46. The number of benzene rings is 1. The third-order valence-electron chi connectivity index (χ3n) is 2.14. The molecule has 1 aromatic rings. The van der Waals surface area contributed by atoms with Gasteiger partial charge in [0.05, 0.1) is 0 Å². The molecule has 0 aromatic heterocycles. The number of hydrogen-bond donors (Lipinski definition) is 3. The number of nitrogens with two attached hydrogens (primary N) is 1. The predicted molar refractivity (Wildman–Crippen MR) is 49.0 cm³/mol. The number of phenols is 1. The van der Waals surface area contributed by atoms with Gasteiger partial charge in [0.25, 0.3) is 0 Å². The predicted octanol–water partition coefficient (Wildman–Crippen LogP) is 1.29. The quantitative estimate of drug-likeness (QED) is 0.450. The van der Waals surface area contributed by atoms with Gasteiger partial charge in [-0.2, -0.15) is 0 Å². The molecule has 4 heteroatoms. The Balaban J connectivity index is 3.50. The Kier molecular flexibility index (Phi) is 2.14. The first-order valence-corrected chi connectivity index (χ1v) is 3.77. The van der Waals surface area contributed by atoms with Crippen molar-refractivity contribution in [2.45, 2.75) is 13.8 Å². The van der Waals surface area contributed by atoms with E-state index < -0.39 is 5.97 Å². The third kappa shape index (κ3) is 1.42. The molecule has 13 heavy (non-hydrogen) atoms. The number of hydrogen-bond acceptors (Lipinski definition) is 3. The normalized spacial score (nSPS) is 10.0. The number of rotatable bonds is 1. The van der Waals surface area contributed by atoms with Crippen molar-refractivity contribution in [1.29, 1.82) is 0 Å². The van der Waals surface area contributed by atoms with Gasteiger partial charge in [-0.05, 0) is 31.0 Å². The van der Waals surface area contributed by atoms with Gasteiger partial charge in [-0.3, -0.25) is 0 Å². The van der Waals surface area contributed by atoms with Gasteiger partial charge < -0.3 is 15.9 Å². The standard InChI is InChI=1S/C9H11NO3/c1-4-5(2)8(11)6(9(12)13)3-7(4)10/h3,11H,10H2,1-2H3,(H,12,13). The van der Waals surface area contributed by atoms with Gasteiger partial charge in [-0.1, -0.05) is 0 Å². The summed E-state index contributed by atoms with van der Waals surface area (Å²) in [4.78, 5) is 10.6. The van der Waals surface area contributed by atoms with Crippen molar-refractivity contribution in [3.05, 3.63) is 22.8 Å². The summed E-state index contributed by atoms with van der Waals surface area (Å²) in [5.74, 6) is -1.38. The van der Waals surface area contributed by atoms with Crippen LogP contribution in [0.1, 0.15) is 21.5 Å². The van der Waals surface area contributed by atoms with Gasteiger partial charge in [0.2, 0.25) is 0 Å². The van der Waals surface area contributed by atoms with Crippen LogP contribution >= 0.6 is 0 Å². The number of aromatic hydroxyl groups is 1. The lowest BCUT2D eigenvalue weighted by molar-refractivity contribution is 0.0693. The van der Waals surface area contributed by atoms with Crippen LogP contribution in [0.15, 0.2) is 6.07 Å². The summed E-state index contributed by atoms with van der Waals surface area (Å²) in [6.45, 7) is 3.36. The molecule has 1 rings (SSSR count). The maximum Gasteiger partial charge on any atom is 0.339 e. The molecule has 0 atom stereocenters. The second kappa shape index (κ2) is 2.97. The number of carboxylic acid groups (broad SMARTS) is 1. The van der Waals surface area contributed by atoms with Crippen molar-refractivity contribution in [1.82, 2.24) is 0 Å². The highest BCUT2D eigenvalue weighted by molar-refractivity contribution is 5.93. The summed E-state index contributed by atoms with van der Waals surface area (Å²) >= 11 is 0. The van der Waals surface area contributed by atoms with Crippen LogP contribution in [-0.4, -0.2) is 16.2 Å². The number of anilines is 1. The van der Waals surface area contributed by atoms with Crippen LogP contribution in [0, 0.1) is 13.8 Å². The van der Waals surface area contributed by atoms with Crippen molar-refractivity contribution >= 4 is 11.7 Å². The molecule has 0 radical (unpaired) electrons. The lowest BCUT2D eigenvalue weighted by atomic mass is 10.0. The van der Waals surface area contributed by atoms with E-state index in [1.165, 1.54) is 6.07 Å². The average Bonchev–Trinajstić information content (AvgIpc) is 2.07. The highest BCUT2D eigenvalue weighted by Crippen LogP contribution is 2.29. The van der Waals surface area contributed by atoms with E-state index in [0.717, 1.165) is 0 Å². The first-order chi connectivity index (χ1) is 5.95. The van der Waals surface area contributed by atoms with Crippen molar-refractivity contribution in [3.8, 4) is 5.75 Å². The Morgan fingerprint density at radius 3 is 2.38 bits per heavy atom. The molecule has 0 heterocycles. The topological polar surface area (TPSA) is 83.6 Å². The molecule has 0 aliphatic carbocycles. The molecular formula is C9H11NO3. The highest BCUT2D eigenvalue weighted by Gasteiger charge is 2.14. The lowest BCUT2D eigenvalue weighted by Crippen LogP contribution is -2.02. The molecule has 4 N–H and O–H groups in total. The summed E-state index contributed by atoms with van der Waals surface area (Å²) < 4.78 is 0. The number of aromatic carboxylic acids is 1. The summed E-state index contributed by atoms with van der Waals surface area (Å²) in [5, 5.41) is 18.1. The smallest absolute Gasteiger partial charge is 0.339 e. The Labute approximate surface area is 75.6 Å². The van der Waals surface area contributed by atoms with Crippen molar-refractivity contribution in [3.63, 3.8) is 0 Å². The van der Waals surface area contributed by atoms with E-state index in [2.05, 4.69) is 0 Å². The van der Waals surface area contributed by atoms with Gasteiger partial charge in [0.15, 0.2) is 0 Å². The molecule has 1 aromatic carbocycles. The minimum Gasteiger partial charge on any atom is -0.507 e. The summed E-state index contributed by atoms with van der Waals surface area (Å²) in [7, 11) is 0. The third-order valence-corrected chi connectivity index (χ3v) is 2.14. The van der Waals surface area contributed by atoms with E-state index in [-0.39, 0.29) is 11.3 Å². The lowest BCUT2D eigenvalue weighted by Gasteiger charge is -2.09. The number of carbonyl (C=O) groups is 1. The number of nitrogen functional groups attached to an aromatic ring is 1. The fraction of sp³-hybridized carbons (Fsp3) is 0.222. The van der Waals surface area contributed by atoms with Gasteiger partial charge in [-0.15, -0.1) is 0 Å². The zero-order chi connectivity index (χ0) is 10.2. The van der Waals surface area contributed by atoms with Crippen LogP contribution in [0.25, 0.3) is 0 Å². The monoisotopic (exact) mass is 181 g/mol. The van der Waals surface area contributed by atoms with Crippen LogP contribution in [0.4, 0.5) is 5.69 Å². The molecular weight excluding hydrogens is 170 g/mol. The van der Waals surface area contributed by atoms with E-state index in [0.29, 0.717) is 16.8 Å². The Hall–Kier alpha value is -1.71. The highest BCUT2D eigenvalue weighted by atomic mass is 16.4. The van der Waals surface area contributed by atoms with Crippen LogP contribution in [0.3, 0.4) is 0 Å². The van der Waals surface area contributed by atoms with Crippen LogP contribution in [-0.2, 0) is 0 Å². The van der Waals surface area contributed by atoms with Crippen LogP contribution in [0.5, 0.6) is 5.75 Å². The van der Waals surface area contributed by atoms with Gasteiger partial charge in [0.1, 0.15) is 11.3 Å². The maximum atomic E-state index is 10.6. The van der Waals surface area contributed by atoms with E-state index in [1.54, 1.807) is 13.8 Å². The Morgan fingerprint density at radius 1 is 1.38 bits per heavy atom. The molecule has 70 valence electrons. The summed E-state index contributed by atoms with van der Waals surface area (Å²) in [6, 6.07) is 1.26. The average molecular weight is 181 g/mol. The molecule has 0 bridgehead atoms. The van der Waals surface area contributed by atoms with E-state index in [4.69, 9.17) is 10.8 Å². The first-order valence-electron chi connectivity index (χ1n) is 3.77. The van der Waals surface area contributed by atoms with E-state index in [9.17, 15) is 9.90 Å². The molecule has 0 aliphatic rings. The fourth-order valence-corrected chi connectivity index (χ4v) is 1.09. The largest absolute Gasteiger partial charge is 0.507 e. The van der Waals surface area contributed by atoms with Crippen LogP contribution < -0.4 is 5.73 Å². The van der Waals surface area contributed by atoms with Gasteiger partial charge >= 0.3 is 5.97 Å². The minimum absolute atomic E-state index is 0.152. The van der Waals surface area contributed by atoms with Crippen molar-refractivity contribution in [2.75, 3.05) is 5.73 Å². The molecule has 0 amide bonds. The SMILES string of the molecule is Cc1c(N)cc(C(=O)O)c(O)c1C. The molecule has 0 saturated heterocycles. The molecule has 0 unspecified atom stereocenters. The molecule has 0 aliphatic heterocycles. The van der Waals surface area contributed by atoms with E-state index in [1.807, 2.05) is 0 Å². The summed E-state index contributed by atoms with van der Waals surface area (Å²) in [5.41, 5.74) is 7.01. The van der Waals surface area contributed by atoms with E-state index >= 15 is 0 Å². The van der Waals surface area contributed by atoms with Crippen molar-refractivity contribution in [2.24, 2.45) is 0 Å². The van der Waals surface area contributed by atoms with Gasteiger partial charge in [0, 0.05) is 5.69 Å². The summed E-state index contributed by atoms with van der Waals surface area (Å²) in [6.07, 6.45) is 0. The van der Waals surface area contributed by atoms with Crippen LogP contribution in [0.2, 0.25) is 0 Å². The molecule has 0 saturated carbocycles. The molecule has 0 fully saturated rings. The first kappa shape index (κ1) is 9.38. The maximum absolute atomic E-state index is 10.6. The Morgan fingerprint density at radius 2 is 1.92 bits per heavy atom. The second-order valence-electron chi connectivity index (χ2n) is 2.92.